The second kappa shape index (κ2) is 10.9. The van der Waals surface area contributed by atoms with E-state index in [1.165, 1.54) is 24.0 Å². The van der Waals surface area contributed by atoms with Crippen LogP contribution in [0.5, 0.6) is 0 Å². The molecule has 0 aromatic heterocycles. The fraction of sp³-hybridized carbons (Fsp3) is 0.519. The third kappa shape index (κ3) is 5.55. The number of unbranched alkanes of at least 4 members (excludes halogenated alkanes) is 1. The second-order valence-electron chi connectivity index (χ2n) is 8.85. The largest absolute Gasteiger partial charge is 0.378 e. The number of likely N-dealkylation sites (N-methyl/N-ethyl adjacent to an activating group) is 1. The van der Waals surface area contributed by atoms with Crippen LogP contribution in [-0.4, -0.2) is 56.6 Å². The summed E-state index contributed by atoms with van der Waals surface area (Å²) in [7, 11) is 4.05. The van der Waals surface area contributed by atoms with Gasteiger partial charge in [0.2, 0.25) is 0 Å². The van der Waals surface area contributed by atoms with Gasteiger partial charge in [0.05, 0.1) is 18.8 Å². The fourth-order valence-corrected chi connectivity index (χ4v) is 4.50. The van der Waals surface area contributed by atoms with E-state index in [1.54, 1.807) is 0 Å². The molecule has 31 heavy (non-hydrogen) atoms. The summed E-state index contributed by atoms with van der Waals surface area (Å²) in [4.78, 5) is 18.2. The van der Waals surface area contributed by atoms with Gasteiger partial charge in [-0.2, -0.15) is 0 Å². The number of hydrogen-bond acceptors (Lipinski definition) is 4. The number of ketones is 1. The van der Waals surface area contributed by atoms with Crippen LogP contribution in [0.25, 0.3) is 0 Å². The number of benzene rings is 2. The van der Waals surface area contributed by atoms with Crippen molar-refractivity contribution in [3.05, 3.63) is 65.2 Å². The molecule has 1 saturated heterocycles. The third-order valence-electron chi connectivity index (χ3n) is 6.71. The number of Topliss-reactive ketones (excluding diaryl/α,β-unsaturated/α-hetero) is 1. The van der Waals surface area contributed by atoms with E-state index < -0.39 is 5.54 Å². The number of morpholine rings is 1. The predicted octanol–water partition coefficient (Wildman–Crippen LogP) is 5.00. The summed E-state index contributed by atoms with van der Waals surface area (Å²) in [6, 6.07) is 17.0. The Kier molecular flexibility index (Phi) is 8.28. The van der Waals surface area contributed by atoms with E-state index >= 15 is 0 Å². The molecule has 0 N–H and O–H groups in total. The number of aryl methyl sites for hydroxylation is 1. The monoisotopic (exact) mass is 422 g/mol. The highest BCUT2D eigenvalue weighted by atomic mass is 16.5. The van der Waals surface area contributed by atoms with Crippen LogP contribution >= 0.6 is 0 Å². The molecule has 0 aliphatic carbocycles. The minimum Gasteiger partial charge on any atom is -0.378 e. The highest BCUT2D eigenvalue weighted by molar-refractivity contribution is 6.03. The third-order valence-corrected chi connectivity index (χ3v) is 6.71. The number of hydrogen-bond donors (Lipinski definition) is 0. The summed E-state index contributed by atoms with van der Waals surface area (Å²) in [5, 5.41) is 0. The predicted molar refractivity (Wildman–Crippen MR) is 129 cm³/mol. The van der Waals surface area contributed by atoms with Crippen molar-refractivity contribution in [1.29, 1.82) is 0 Å². The summed E-state index contributed by atoms with van der Waals surface area (Å²) < 4.78 is 5.45. The Morgan fingerprint density at radius 2 is 1.58 bits per heavy atom. The Morgan fingerprint density at radius 1 is 0.968 bits per heavy atom. The smallest absolute Gasteiger partial charge is 0.183 e. The average molecular weight is 423 g/mol. The van der Waals surface area contributed by atoms with Crippen LogP contribution in [0.15, 0.2) is 48.5 Å². The van der Waals surface area contributed by atoms with Gasteiger partial charge in [0.15, 0.2) is 5.78 Å². The Labute approximate surface area is 188 Å². The summed E-state index contributed by atoms with van der Waals surface area (Å²) in [5.74, 6) is 0.198. The van der Waals surface area contributed by atoms with Gasteiger partial charge in [-0.25, -0.2) is 0 Å². The molecule has 0 saturated carbocycles. The molecule has 0 spiro atoms. The number of rotatable bonds is 10. The van der Waals surface area contributed by atoms with Gasteiger partial charge in [-0.15, -0.1) is 0 Å². The van der Waals surface area contributed by atoms with E-state index in [0.29, 0.717) is 6.42 Å². The quantitative estimate of drug-likeness (QED) is 0.504. The van der Waals surface area contributed by atoms with Gasteiger partial charge in [-0.1, -0.05) is 44.5 Å². The highest BCUT2D eigenvalue weighted by Gasteiger charge is 2.39. The molecule has 168 valence electrons. The SMILES string of the molecule is CCCCc1ccc(CC(CC)(C(=O)c2ccc(N3CCOCC3)cc2)N(C)C)cc1. The average Bonchev–Trinajstić information content (AvgIpc) is 2.82. The lowest BCUT2D eigenvalue weighted by molar-refractivity contribution is 0.0666. The minimum atomic E-state index is -0.550. The van der Waals surface area contributed by atoms with Gasteiger partial charge < -0.3 is 9.64 Å². The zero-order valence-corrected chi connectivity index (χ0v) is 19.7. The summed E-state index contributed by atoms with van der Waals surface area (Å²) in [6.45, 7) is 7.67. The molecule has 2 aromatic rings. The minimum absolute atomic E-state index is 0.198. The summed E-state index contributed by atoms with van der Waals surface area (Å²) in [6.07, 6.45) is 5.03. The van der Waals surface area contributed by atoms with E-state index in [0.717, 1.165) is 50.4 Å². The molecule has 1 unspecified atom stereocenters. The van der Waals surface area contributed by atoms with Gasteiger partial charge in [0, 0.05) is 24.3 Å². The molecule has 0 amide bonds. The lowest BCUT2D eigenvalue weighted by atomic mass is 9.80. The van der Waals surface area contributed by atoms with Crippen molar-refractivity contribution >= 4 is 11.5 Å². The molecule has 0 radical (unpaired) electrons. The number of ether oxygens (including phenoxy) is 1. The van der Waals surface area contributed by atoms with Crippen LogP contribution in [0.2, 0.25) is 0 Å². The molecule has 3 rings (SSSR count). The van der Waals surface area contributed by atoms with Crippen molar-refractivity contribution in [2.45, 2.75) is 51.5 Å². The molecule has 1 aliphatic rings. The lowest BCUT2D eigenvalue weighted by Gasteiger charge is -2.38. The van der Waals surface area contributed by atoms with Crippen LogP contribution in [0, 0.1) is 0 Å². The molecule has 4 nitrogen and oxygen atoms in total. The normalized spacial score (nSPS) is 16.4. The van der Waals surface area contributed by atoms with Crippen molar-refractivity contribution in [2.24, 2.45) is 0 Å². The summed E-state index contributed by atoms with van der Waals surface area (Å²) in [5.41, 5.74) is 3.99. The van der Waals surface area contributed by atoms with Crippen molar-refractivity contribution in [1.82, 2.24) is 4.90 Å². The van der Waals surface area contributed by atoms with Crippen LogP contribution < -0.4 is 4.90 Å². The van der Waals surface area contributed by atoms with E-state index in [1.807, 2.05) is 26.2 Å². The zero-order valence-electron chi connectivity index (χ0n) is 19.7. The number of nitrogens with zero attached hydrogens (tertiary/aromatic N) is 2. The van der Waals surface area contributed by atoms with E-state index in [9.17, 15) is 4.79 Å². The maximum Gasteiger partial charge on any atom is 0.183 e. The van der Waals surface area contributed by atoms with Crippen LogP contribution in [0.1, 0.15) is 54.6 Å². The zero-order chi connectivity index (χ0) is 22.3. The molecular formula is C27H38N2O2. The van der Waals surface area contributed by atoms with Crippen molar-refractivity contribution in [2.75, 3.05) is 45.3 Å². The van der Waals surface area contributed by atoms with Gasteiger partial charge in [-0.3, -0.25) is 9.69 Å². The highest BCUT2D eigenvalue weighted by Crippen LogP contribution is 2.29. The molecule has 0 bridgehead atoms. The van der Waals surface area contributed by atoms with Crippen molar-refractivity contribution < 1.29 is 9.53 Å². The molecule has 2 aromatic carbocycles. The molecule has 4 heteroatoms. The Balaban J connectivity index is 1.79. The Morgan fingerprint density at radius 3 is 2.13 bits per heavy atom. The molecule has 1 fully saturated rings. The van der Waals surface area contributed by atoms with Gasteiger partial charge in [0.25, 0.3) is 0 Å². The number of carbonyl (C=O) groups excluding carboxylic acids is 1. The standard InChI is InChI=1S/C27H38N2O2/c1-5-7-8-22-9-11-23(12-10-22)21-27(6-2,28(3)4)26(30)24-13-15-25(16-14-24)29-17-19-31-20-18-29/h9-16H,5-8,17-21H2,1-4H3. The Bertz CT molecular complexity index is 823. The molecule has 1 aliphatic heterocycles. The van der Waals surface area contributed by atoms with Crippen molar-refractivity contribution in [3.8, 4) is 0 Å². The van der Waals surface area contributed by atoms with Gasteiger partial charge in [0.1, 0.15) is 0 Å². The first-order valence-corrected chi connectivity index (χ1v) is 11.7. The summed E-state index contributed by atoms with van der Waals surface area (Å²) >= 11 is 0. The molecule has 1 atom stereocenters. The second-order valence-corrected chi connectivity index (χ2v) is 8.85. The van der Waals surface area contributed by atoms with E-state index in [4.69, 9.17) is 4.74 Å². The molecular weight excluding hydrogens is 384 g/mol. The first-order chi connectivity index (χ1) is 15.0. The maximum atomic E-state index is 13.8. The van der Waals surface area contributed by atoms with E-state index in [2.05, 4.69) is 60.0 Å². The lowest BCUT2D eigenvalue weighted by Crippen LogP contribution is -2.52. The fourth-order valence-electron chi connectivity index (χ4n) is 4.50. The van der Waals surface area contributed by atoms with Crippen molar-refractivity contribution in [3.63, 3.8) is 0 Å². The first kappa shape index (κ1) is 23.5. The van der Waals surface area contributed by atoms with Gasteiger partial charge >= 0.3 is 0 Å². The van der Waals surface area contributed by atoms with Gasteiger partial charge in [-0.05, 0) is 75.2 Å². The topological polar surface area (TPSA) is 32.8 Å². The van der Waals surface area contributed by atoms with Crippen LogP contribution in [0.3, 0.4) is 0 Å². The first-order valence-electron chi connectivity index (χ1n) is 11.7. The van der Waals surface area contributed by atoms with Crippen LogP contribution in [-0.2, 0) is 17.6 Å². The Hall–Kier alpha value is -2.17. The van der Waals surface area contributed by atoms with E-state index in [-0.39, 0.29) is 5.78 Å². The van der Waals surface area contributed by atoms with Crippen LogP contribution in [0.4, 0.5) is 5.69 Å². The number of carbonyl (C=O) groups is 1. The number of anilines is 1. The molecule has 1 heterocycles. The maximum absolute atomic E-state index is 13.8.